The maximum Gasteiger partial charge on any atom is 0.0423 e. The molecule has 1 heterocycles. The van der Waals surface area contributed by atoms with Crippen molar-refractivity contribution in [2.24, 2.45) is 11.1 Å². The van der Waals surface area contributed by atoms with Gasteiger partial charge in [-0.3, -0.25) is 0 Å². The van der Waals surface area contributed by atoms with Crippen LogP contribution in [0.25, 0.3) is 16.0 Å². The van der Waals surface area contributed by atoms with Gasteiger partial charge in [0.15, 0.2) is 0 Å². The molecular weight excluding hydrogens is 310 g/mol. The number of fused-ring (bicyclic) bond motifs is 1. The summed E-state index contributed by atoms with van der Waals surface area (Å²) in [5, 5.41) is 0. The van der Waals surface area contributed by atoms with Gasteiger partial charge in [0.1, 0.15) is 0 Å². The lowest BCUT2D eigenvalue weighted by Gasteiger charge is -2.30. The molecule has 1 aliphatic rings. The smallest absolute Gasteiger partial charge is 0.0423 e. The molecule has 0 atom stereocenters. The third kappa shape index (κ3) is 3.10. The molecule has 2 heteroatoms. The molecule has 0 saturated heterocycles. The zero-order valence-electron chi connectivity index (χ0n) is 15.5. The van der Waals surface area contributed by atoms with E-state index in [9.17, 15) is 0 Å². The molecule has 2 N–H and O–H groups in total. The third-order valence-electron chi connectivity index (χ3n) is 5.27. The minimum Gasteiger partial charge on any atom is -0.326 e. The first-order valence-corrected chi connectivity index (χ1v) is 9.80. The van der Waals surface area contributed by atoms with E-state index >= 15 is 0 Å². The molecule has 0 bridgehead atoms. The normalized spacial score (nSPS) is 16.0. The van der Waals surface area contributed by atoms with Crippen molar-refractivity contribution in [3.05, 3.63) is 51.9 Å². The van der Waals surface area contributed by atoms with Gasteiger partial charge >= 0.3 is 0 Å². The van der Waals surface area contributed by atoms with Crippen molar-refractivity contribution in [3.8, 4) is 10.4 Å². The number of hydrogen-bond donors (Lipinski definition) is 1. The number of allylic oxidation sites excluding steroid dienone is 1. The van der Waals surface area contributed by atoms with Gasteiger partial charge in [0, 0.05) is 16.3 Å². The Hall–Kier alpha value is -1.38. The van der Waals surface area contributed by atoms with Crippen LogP contribution in [-0.2, 0) is 25.8 Å². The lowest BCUT2D eigenvalue weighted by Crippen LogP contribution is -2.21. The number of rotatable bonds is 4. The second-order valence-electron chi connectivity index (χ2n) is 7.87. The highest BCUT2D eigenvalue weighted by Crippen LogP contribution is 2.47. The van der Waals surface area contributed by atoms with Crippen LogP contribution in [0, 0.1) is 5.41 Å². The number of hydrogen-bond acceptors (Lipinski definition) is 2. The van der Waals surface area contributed by atoms with E-state index < -0.39 is 0 Å². The van der Waals surface area contributed by atoms with E-state index in [4.69, 9.17) is 5.73 Å². The van der Waals surface area contributed by atoms with E-state index in [0.717, 1.165) is 12.8 Å². The first-order chi connectivity index (χ1) is 11.4. The van der Waals surface area contributed by atoms with Gasteiger partial charge in [-0.15, -0.1) is 11.3 Å². The summed E-state index contributed by atoms with van der Waals surface area (Å²) in [5.74, 6) is 0. The van der Waals surface area contributed by atoms with Crippen molar-refractivity contribution in [2.75, 3.05) is 0 Å². The molecule has 1 aliphatic carbocycles. The van der Waals surface area contributed by atoms with Gasteiger partial charge in [0.05, 0.1) is 0 Å². The van der Waals surface area contributed by atoms with Crippen LogP contribution in [0.15, 0.2) is 24.8 Å². The molecule has 0 unspecified atom stereocenters. The lowest BCUT2D eigenvalue weighted by molar-refractivity contribution is 0.317. The minimum atomic E-state index is 0.393. The Bertz CT molecular complexity index is 780. The Balaban J connectivity index is 2.16. The fourth-order valence-corrected chi connectivity index (χ4v) is 5.27. The van der Waals surface area contributed by atoms with Gasteiger partial charge in [-0.25, -0.2) is 0 Å². The van der Waals surface area contributed by atoms with Crippen molar-refractivity contribution in [3.63, 3.8) is 0 Å². The van der Waals surface area contributed by atoms with Crippen LogP contribution in [0.2, 0.25) is 0 Å². The van der Waals surface area contributed by atoms with Crippen LogP contribution >= 0.6 is 11.3 Å². The Labute approximate surface area is 150 Å². The van der Waals surface area contributed by atoms with Crippen LogP contribution in [-0.4, -0.2) is 0 Å². The van der Waals surface area contributed by atoms with Crippen molar-refractivity contribution in [1.82, 2.24) is 0 Å². The number of nitrogens with two attached hydrogens (primary N) is 1. The highest BCUT2D eigenvalue weighted by molar-refractivity contribution is 7.16. The molecular formula is C22H29NS. The molecule has 0 spiro atoms. The maximum absolute atomic E-state index is 5.99. The molecule has 1 aromatic carbocycles. The molecule has 0 amide bonds. The summed E-state index contributed by atoms with van der Waals surface area (Å²) in [5.41, 5.74) is 14.5. The number of aryl methyl sites for hydroxylation is 2. The highest BCUT2D eigenvalue weighted by atomic mass is 32.1. The van der Waals surface area contributed by atoms with Crippen LogP contribution in [0.4, 0.5) is 0 Å². The quantitative estimate of drug-likeness (QED) is 0.728. The Morgan fingerprint density at radius 3 is 2.67 bits per heavy atom. The monoisotopic (exact) mass is 339 g/mol. The molecule has 0 saturated carbocycles. The molecule has 128 valence electrons. The fraction of sp³-hybridized carbons (Fsp3) is 0.455. The maximum atomic E-state index is 5.99. The Morgan fingerprint density at radius 2 is 2.04 bits per heavy atom. The fourth-order valence-electron chi connectivity index (χ4n) is 3.88. The predicted molar refractivity (Wildman–Crippen MR) is 108 cm³/mol. The summed E-state index contributed by atoms with van der Waals surface area (Å²) in [6, 6.07) is 6.82. The second-order valence-corrected chi connectivity index (χ2v) is 8.98. The molecule has 2 aromatic rings. The van der Waals surface area contributed by atoms with E-state index in [-0.39, 0.29) is 0 Å². The molecule has 0 fully saturated rings. The summed E-state index contributed by atoms with van der Waals surface area (Å²) in [7, 11) is 0. The molecule has 1 nitrogen and oxygen atoms in total. The van der Waals surface area contributed by atoms with Crippen molar-refractivity contribution < 1.29 is 0 Å². The van der Waals surface area contributed by atoms with Crippen molar-refractivity contribution in [1.29, 1.82) is 0 Å². The molecule has 0 aliphatic heterocycles. The zero-order chi connectivity index (χ0) is 17.5. The first-order valence-electron chi connectivity index (χ1n) is 8.99. The van der Waals surface area contributed by atoms with Crippen molar-refractivity contribution in [2.45, 2.75) is 59.9 Å². The predicted octanol–water partition coefficient (Wildman–Crippen LogP) is 5.98. The summed E-state index contributed by atoms with van der Waals surface area (Å²) in [4.78, 5) is 2.96. The summed E-state index contributed by atoms with van der Waals surface area (Å²) < 4.78 is 0. The second kappa shape index (κ2) is 6.50. The summed E-state index contributed by atoms with van der Waals surface area (Å²) in [6.07, 6.45) is 4.68. The zero-order valence-corrected chi connectivity index (χ0v) is 16.3. The molecule has 24 heavy (non-hydrogen) atoms. The average Bonchev–Trinajstić information content (AvgIpc) is 2.91. The van der Waals surface area contributed by atoms with E-state index in [1.165, 1.54) is 45.5 Å². The van der Waals surface area contributed by atoms with E-state index in [1.807, 2.05) is 11.3 Å². The average molecular weight is 340 g/mol. The minimum absolute atomic E-state index is 0.393. The van der Waals surface area contributed by atoms with Gasteiger partial charge in [-0.2, -0.15) is 0 Å². The highest BCUT2D eigenvalue weighted by Gasteiger charge is 2.30. The van der Waals surface area contributed by atoms with E-state index in [0.29, 0.717) is 12.0 Å². The Kier molecular flexibility index (Phi) is 4.72. The van der Waals surface area contributed by atoms with Gasteiger partial charge in [-0.05, 0) is 77.5 Å². The van der Waals surface area contributed by atoms with Crippen molar-refractivity contribution >= 4 is 16.9 Å². The Morgan fingerprint density at radius 1 is 1.29 bits per heavy atom. The van der Waals surface area contributed by atoms with E-state index in [2.05, 4.69) is 52.5 Å². The van der Waals surface area contributed by atoms with Crippen LogP contribution in [0.3, 0.4) is 0 Å². The topological polar surface area (TPSA) is 26.0 Å². The SMILES string of the molecule is C=C(C)c1c(-c2ccc(CC)c(CN)c2)sc2c1CC(C)(C)CC2. The molecule has 1 aromatic heterocycles. The summed E-state index contributed by atoms with van der Waals surface area (Å²) >= 11 is 1.98. The standard InChI is InChI=1S/C22H29NS/c1-6-15-7-8-16(11-17(15)13-23)21-20(14(2)3)18-12-22(4,5)10-9-19(18)24-21/h7-8,11H,2,6,9-10,12-13,23H2,1,3-5H3. The number of benzene rings is 1. The van der Waals surface area contributed by atoms with Crippen LogP contribution < -0.4 is 5.73 Å². The number of thiophene rings is 1. The van der Waals surface area contributed by atoms with Gasteiger partial charge in [0.2, 0.25) is 0 Å². The van der Waals surface area contributed by atoms with Crippen LogP contribution in [0.1, 0.15) is 61.2 Å². The molecule has 0 radical (unpaired) electrons. The van der Waals surface area contributed by atoms with Gasteiger partial charge in [0.25, 0.3) is 0 Å². The first kappa shape index (κ1) is 17.4. The largest absolute Gasteiger partial charge is 0.326 e. The molecule has 3 rings (SSSR count). The third-order valence-corrected chi connectivity index (χ3v) is 6.61. The van der Waals surface area contributed by atoms with Gasteiger partial charge < -0.3 is 5.73 Å². The summed E-state index contributed by atoms with van der Waals surface area (Å²) in [6.45, 7) is 14.0. The van der Waals surface area contributed by atoms with Crippen LogP contribution in [0.5, 0.6) is 0 Å². The van der Waals surface area contributed by atoms with Gasteiger partial charge in [-0.1, -0.05) is 39.5 Å². The van der Waals surface area contributed by atoms with E-state index in [1.54, 1.807) is 10.4 Å². The lowest BCUT2D eigenvalue weighted by atomic mass is 9.75.